The van der Waals surface area contributed by atoms with Gasteiger partial charge in [-0.2, -0.15) is 0 Å². The molecule has 0 N–H and O–H groups in total. The van der Waals surface area contributed by atoms with Gasteiger partial charge in [0.15, 0.2) is 0 Å². The molecule has 0 aromatic heterocycles. The summed E-state index contributed by atoms with van der Waals surface area (Å²) >= 11 is 0. The van der Waals surface area contributed by atoms with E-state index in [-0.39, 0.29) is 17.9 Å². The lowest BCUT2D eigenvalue weighted by Gasteiger charge is -2.14. The zero-order valence-corrected chi connectivity index (χ0v) is 13.5. The largest absolute Gasteiger partial charge is 0.497 e. The van der Waals surface area contributed by atoms with E-state index >= 15 is 0 Å². The Morgan fingerprint density at radius 1 is 1.00 bits per heavy atom. The number of ether oxygens (including phenoxy) is 4. The van der Waals surface area contributed by atoms with Crippen LogP contribution in [0.3, 0.4) is 0 Å². The highest BCUT2D eigenvalue weighted by atomic mass is 16.5. The summed E-state index contributed by atoms with van der Waals surface area (Å²) in [6, 6.07) is 6.52. The Hall–Kier alpha value is -2.76. The Labute approximate surface area is 133 Å². The maximum absolute atomic E-state index is 12.0. The average molecular weight is 318 g/mol. The lowest BCUT2D eigenvalue weighted by atomic mass is 10.0. The number of hydrogen-bond donors (Lipinski definition) is 0. The number of hydrogen-bond acceptors (Lipinski definition) is 6. The lowest BCUT2D eigenvalue weighted by molar-refractivity contribution is -0.131. The van der Waals surface area contributed by atoms with Crippen molar-refractivity contribution in [3.63, 3.8) is 0 Å². The second-order valence-electron chi connectivity index (χ2n) is 4.72. The van der Waals surface area contributed by atoms with Crippen molar-refractivity contribution in [1.82, 2.24) is 0 Å². The molecule has 0 fully saturated rings. The third kappa shape index (κ3) is 3.53. The van der Waals surface area contributed by atoms with Crippen LogP contribution < -0.4 is 14.2 Å². The van der Waals surface area contributed by atoms with Gasteiger partial charge >= 0.3 is 11.9 Å². The fraction of sp³-hybridized carbons (Fsp3) is 0.294. The standard InChI is InChI=1S/C17H18O6/c1-5-22-17(19)12-6-11-7-13(20-3)9-14(21-4)16(11)15(8-12)23-10(2)18/h6-9H,5H2,1-4H3. The molecule has 2 aromatic rings. The van der Waals surface area contributed by atoms with Crippen LogP contribution in [-0.4, -0.2) is 32.8 Å². The van der Waals surface area contributed by atoms with Crippen LogP contribution in [0.15, 0.2) is 24.3 Å². The molecule has 0 radical (unpaired) electrons. The minimum absolute atomic E-state index is 0.234. The predicted molar refractivity (Wildman–Crippen MR) is 84.3 cm³/mol. The molecule has 0 saturated heterocycles. The smallest absolute Gasteiger partial charge is 0.338 e. The van der Waals surface area contributed by atoms with Gasteiger partial charge in [-0.3, -0.25) is 4.79 Å². The molecule has 6 nitrogen and oxygen atoms in total. The minimum atomic E-state index is -0.496. The zero-order chi connectivity index (χ0) is 17.0. The Morgan fingerprint density at radius 2 is 1.74 bits per heavy atom. The van der Waals surface area contributed by atoms with E-state index < -0.39 is 11.9 Å². The number of fused-ring (bicyclic) bond motifs is 1. The van der Waals surface area contributed by atoms with Gasteiger partial charge in [0.25, 0.3) is 0 Å². The Kier molecular flexibility index (Phi) is 5.05. The highest BCUT2D eigenvalue weighted by Gasteiger charge is 2.17. The SMILES string of the molecule is CCOC(=O)c1cc(OC(C)=O)c2c(OC)cc(OC)cc2c1. The Morgan fingerprint density at radius 3 is 2.30 bits per heavy atom. The molecule has 23 heavy (non-hydrogen) atoms. The van der Waals surface area contributed by atoms with Crippen molar-refractivity contribution in [2.75, 3.05) is 20.8 Å². The highest BCUT2D eigenvalue weighted by Crippen LogP contribution is 2.38. The van der Waals surface area contributed by atoms with E-state index in [1.165, 1.54) is 27.2 Å². The first-order chi connectivity index (χ1) is 11.0. The number of esters is 2. The molecular weight excluding hydrogens is 300 g/mol. The van der Waals surface area contributed by atoms with Gasteiger partial charge in [-0.25, -0.2) is 4.79 Å². The third-order valence-corrected chi connectivity index (χ3v) is 3.17. The number of benzene rings is 2. The third-order valence-electron chi connectivity index (χ3n) is 3.17. The summed E-state index contributed by atoms with van der Waals surface area (Å²) in [4.78, 5) is 23.4. The van der Waals surface area contributed by atoms with Crippen LogP contribution >= 0.6 is 0 Å². The van der Waals surface area contributed by atoms with Crippen LogP contribution in [0.25, 0.3) is 10.8 Å². The molecule has 2 aromatic carbocycles. The second kappa shape index (κ2) is 7.00. The molecule has 0 aliphatic carbocycles. The average Bonchev–Trinajstić information content (AvgIpc) is 2.52. The number of rotatable bonds is 5. The normalized spacial score (nSPS) is 10.3. The van der Waals surface area contributed by atoms with Crippen molar-refractivity contribution in [2.24, 2.45) is 0 Å². The quantitative estimate of drug-likeness (QED) is 0.623. The first-order valence-electron chi connectivity index (χ1n) is 7.05. The molecule has 2 rings (SSSR count). The van der Waals surface area contributed by atoms with Gasteiger partial charge in [-0.15, -0.1) is 0 Å². The maximum Gasteiger partial charge on any atom is 0.338 e. The van der Waals surface area contributed by atoms with Crippen LogP contribution in [0, 0.1) is 0 Å². The summed E-state index contributed by atoms with van der Waals surface area (Å²) in [5.41, 5.74) is 0.283. The topological polar surface area (TPSA) is 71.1 Å². The van der Waals surface area contributed by atoms with Gasteiger partial charge in [-0.05, 0) is 30.5 Å². The molecule has 0 aliphatic heterocycles. The summed E-state index contributed by atoms with van der Waals surface area (Å²) in [5.74, 6) is 0.280. The van der Waals surface area contributed by atoms with Gasteiger partial charge in [0.1, 0.15) is 17.2 Å². The van der Waals surface area contributed by atoms with Gasteiger partial charge in [0, 0.05) is 13.0 Å². The van der Waals surface area contributed by atoms with Crippen LogP contribution in [0.1, 0.15) is 24.2 Å². The van der Waals surface area contributed by atoms with E-state index in [2.05, 4.69) is 0 Å². The lowest BCUT2D eigenvalue weighted by Crippen LogP contribution is -2.07. The molecule has 6 heteroatoms. The molecule has 0 saturated carbocycles. The molecular formula is C17H18O6. The van der Waals surface area contributed by atoms with Crippen molar-refractivity contribution < 1.29 is 28.5 Å². The van der Waals surface area contributed by atoms with E-state index in [9.17, 15) is 9.59 Å². The number of methoxy groups -OCH3 is 2. The molecule has 122 valence electrons. The van der Waals surface area contributed by atoms with Gasteiger partial charge in [0.05, 0.1) is 31.8 Å². The van der Waals surface area contributed by atoms with Crippen LogP contribution in [0.2, 0.25) is 0 Å². The summed E-state index contributed by atoms with van der Waals surface area (Å²) in [5, 5.41) is 1.22. The summed E-state index contributed by atoms with van der Waals surface area (Å²) in [7, 11) is 3.04. The molecule has 0 unspecified atom stereocenters. The predicted octanol–water partition coefficient (Wildman–Crippen LogP) is 2.96. The van der Waals surface area contributed by atoms with E-state index in [0.717, 1.165) is 0 Å². The number of carbonyl (C=O) groups is 2. The zero-order valence-electron chi connectivity index (χ0n) is 13.5. The van der Waals surface area contributed by atoms with Crippen LogP contribution in [0.4, 0.5) is 0 Å². The number of carbonyl (C=O) groups excluding carboxylic acids is 2. The fourth-order valence-electron chi connectivity index (χ4n) is 2.26. The summed E-state index contributed by atoms with van der Waals surface area (Å²) < 4.78 is 20.8. The Bertz CT molecular complexity index is 750. The first-order valence-corrected chi connectivity index (χ1v) is 7.05. The van der Waals surface area contributed by atoms with Gasteiger partial charge in [-0.1, -0.05) is 0 Å². The van der Waals surface area contributed by atoms with E-state index in [0.29, 0.717) is 22.3 Å². The van der Waals surface area contributed by atoms with Crippen LogP contribution in [0.5, 0.6) is 17.2 Å². The van der Waals surface area contributed by atoms with Crippen molar-refractivity contribution in [3.8, 4) is 17.2 Å². The molecule has 0 amide bonds. The van der Waals surface area contributed by atoms with Crippen molar-refractivity contribution in [2.45, 2.75) is 13.8 Å². The molecule has 0 aliphatic rings. The van der Waals surface area contributed by atoms with E-state index in [1.54, 1.807) is 25.1 Å². The van der Waals surface area contributed by atoms with Crippen molar-refractivity contribution in [3.05, 3.63) is 29.8 Å². The van der Waals surface area contributed by atoms with E-state index in [1.807, 2.05) is 0 Å². The molecule has 0 heterocycles. The molecule has 0 spiro atoms. The van der Waals surface area contributed by atoms with E-state index in [4.69, 9.17) is 18.9 Å². The first kappa shape index (κ1) is 16.6. The monoisotopic (exact) mass is 318 g/mol. The highest BCUT2D eigenvalue weighted by molar-refractivity contribution is 6.02. The Balaban J connectivity index is 2.74. The molecule has 0 bridgehead atoms. The van der Waals surface area contributed by atoms with Gasteiger partial charge < -0.3 is 18.9 Å². The maximum atomic E-state index is 12.0. The van der Waals surface area contributed by atoms with Crippen LogP contribution in [-0.2, 0) is 9.53 Å². The summed E-state index contributed by atoms with van der Waals surface area (Å²) in [6.07, 6.45) is 0. The molecule has 0 atom stereocenters. The second-order valence-corrected chi connectivity index (χ2v) is 4.72. The summed E-state index contributed by atoms with van der Waals surface area (Å²) in [6.45, 7) is 3.26. The van der Waals surface area contributed by atoms with Gasteiger partial charge in [0.2, 0.25) is 0 Å². The van der Waals surface area contributed by atoms with Crippen molar-refractivity contribution in [1.29, 1.82) is 0 Å². The van der Waals surface area contributed by atoms with Crippen molar-refractivity contribution >= 4 is 22.7 Å². The fourth-order valence-corrected chi connectivity index (χ4v) is 2.26. The minimum Gasteiger partial charge on any atom is -0.497 e.